The molecule has 1 aliphatic rings. The van der Waals surface area contributed by atoms with Crippen molar-refractivity contribution in [3.63, 3.8) is 0 Å². The van der Waals surface area contributed by atoms with Crippen LogP contribution in [-0.2, 0) is 12.8 Å². The minimum atomic E-state index is 0.799. The van der Waals surface area contributed by atoms with Crippen molar-refractivity contribution >= 4 is 0 Å². The van der Waals surface area contributed by atoms with Gasteiger partial charge in [0.15, 0.2) is 0 Å². The van der Waals surface area contributed by atoms with E-state index < -0.39 is 0 Å². The van der Waals surface area contributed by atoms with E-state index in [4.69, 9.17) is 6.42 Å². The van der Waals surface area contributed by atoms with Gasteiger partial charge in [0.25, 0.3) is 0 Å². The number of rotatable bonds is 2. The summed E-state index contributed by atoms with van der Waals surface area (Å²) in [4.78, 5) is 0. The van der Waals surface area contributed by atoms with Gasteiger partial charge in [-0.15, -0.1) is 12.3 Å². The Labute approximate surface area is 80.0 Å². The van der Waals surface area contributed by atoms with Gasteiger partial charge in [-0.05, 0) is 36.3 Å². The van der Waals surface area contributed by atoms with Crippen LogP contribution in [0.3, 0.4) is 0 Å². The Morgan fingerprint density at radius 2 is 1.85 bits per heavy atom. The number of fused-ring (bicyclic) bond motifs is 1. The molecule has 0 unspecified atom stereocenters. The Kier molecular flexibility index (Phi) is 2.36. The van der Waals surface area contributed by atoms with E-state index >= 15 is 0 Å². The molecule has 2 rings (SSSR count). The van der Waals surface area contributed by atoms with Crippen molar-refractivity contribution in [2.75, 3.05) is 0 Å². The molecule has 0 aromatic heterocycles. The molecule has 0 nitrogen and oxygen atoms in total. The fourth-order valence-electron chi connectivity index (χ4n) is 2.14. The molecule has 0 radical (unpaired) electrons. The molecule has 0 N–H and O–H groups in total. The van der Waals surface area contributed by atoms with E-state index in [1.807, 2.05) is 0 Å². The van der Waals surface area contributed by atoms with Crippen LogP contribution in [0.2, 0.25) is 0 Å². The van der Waals surface area contributed by atoms with E-state index in [1.165, 1.54) is 30.4 Å². The van der Waals surface area contributed by atoms with E-state index in [2.05, 4.69) is 30.2 Å². The second kappa shape index (κ2) is 3.66. The third kappa shape index (κ3) is 1.75. The Morgan fingerprint density at radius 3 is 2.38 bits per heavy atom. The van der Waals surface area contributed by atoms with Crippen LogP contribution in [-0.4, -0.2) is 0 Å². The molecule has 0 spiro atoms. The number of hydrogen-bond acceptors (Lipinski definition) is 0. The summed E-state index contributed by atoms with van der Waals surface area (Å²) in [6.45, 7) is 0. The van der Waals surface area contributed by atoms with Gasteiger partial charge >= 0.3 is 0 Å². The van der Waals surface area contributed by atoms with Gasteiger partial charge in [0, 0.05) is 6.42 Å². The van der Waals surface area contributed by atoms with Gasteiger partial charge < -0.3 is 0 Å². The maximum absolute atomic E-state index is 5.26. The fourth-order valence-corrected chi connectivity index (χ4v) is 2.14. The highest BCUT2D eigenvalue weighted by Gasteiger charge is 2.19. The van der Waals surface area contributed by atoms with Crippen molar-refractivity contribution in [3.8, 4) is 12.3 Å². The van der Waals surface area contributed by atoms with Gasteiger partial charge in [-0.2, -0.15) is 0 Å². The molecular weight excluding hydrogens is 156 g/mol. The minimum absolute atomic E-state index is 0.799. The molecule has 0 fully saturated rings. The molecule has 0 saturated heterocycles. The molecule has 0 atom stereocenters. The number of terminal acetylenes is 1. The Morgan fingerprint density at radius 1 is 1.23 bits per heavy atom. The standard InChI is InChI=1S/C13H14/c1-2-3-6-11-9-12-7-4-5-8-13(12)10-11/h1,4-5,7-8,11H,3,6,9-10H2. The second-order valence-corrected chi connectivity index (χ2v) is 3.79. The summed E-state index contributed by atoms with van der Waals surface area (Å²) in [6.07, 6.45) is 9.84. The number of benzene rings is 1. The van der Waals surface area contributed by atoms with Gasteiger partial charge in [0.2, 0.25) is 0 Å². The largest absolute Gasteiger partial charge is 0.120 e. The zero-order valence-electron chi connectivity index (χ0n) is 7.79. The molecular formula is C13H14. The van der Waals surface area contributed by atoms with Crippen molar-refractivity contribution in [1.29, 1.82) is 0 Å². The predicted molar refractivity (Wildman–Crippen MR) is 55.4 cm³/mol. The van der Waals surface area contributed by atoms with Crippen LogP contribution < -0.4 is 0 Å². The lowest BCUT2D eigenvalue weighted by molar-refractivity contribution is 0.523. The summed E-state index contributed by atoms with van der Waals surface area (Å²) in [5, 5.41) is 0. The van der Waals surface area contributed by atoms with Crippen molar-refractivity contribution in [2.24, 2.45) is 5.92 Å². The van der Waals surface area contributed by atoms with Gasteiger partial charge in [0.05, 0.1) is 0 Å². The molecule has 1 aromatic carbocycles. The van der Waals surface area contributed by atoms with Crippen LogP contribution in [0, 0.1) is 18.3 Å². The highest BCUT2D eigenvalue weighted by Crippen LogP contribution is 2.28. The molecule has 0 heterocycles. The summed E-state index contributed by atoms with van der Waals surface area (Å²) < 4.78 is 0. The van der Waals surface area contributed by atoms with E-state index in [1.54, 1.807) is 0 Å². The maximum atomic E-state index is 5.26. The monoisotopic (exact) mass is 170 g/mol. The van der Waals surface area contributed by atoms with E-state index in [0.717, 1.165) is 12.3 Å². The van der Waals surface area contributed by atoms with Crippen molar-refractivity contribution in [3.05, 3.63) is 35.4 Å². The smallest absolute Gasteiger partial charge is 0.00889 e. The molecule has 0 aliphatic heterocycles. The quantitative estimate of drug-likeness (QED) is 0.599. The van der Waals surface area contributed by atoms with Crippen LogP contribution >= 0.6 is 0 Å². The van der Waals surface area contributed by atoms with E-state index in [-0.39, 0.29) is 0 Å². The normalized spacial score (nSPS) is 15.3. The van der Waals surface area contributed by atoms with Gasteiger partial charge in [-0.25, -0.2) is 0 Å². The third-order valence-electron chi connectivity index (χ3n) is 2.83. The lowest BCUT2D eigenvalue weighted by atomic mass is 10.0. The average Bonchev–Trinajstić information content (AvgIpc) is 2.57. The zero-order chi connectivity index (χ0) is 9.10. The molecule has 13 heavy (non-hydrogen) atoms. The molecule has 0 saturated carbocycles. The first-order valence-electron chi connectivity index (χ1n) is 4.90. The Bertz CT molecular complexity index is 305. The lowest BCUT2D eigenvalue weighted by Gasteiger charge is -2.04. The molecule has 66 valence electrons. The average molecular weight is 170 g/mol. The lowest BCUT2D eigenvalue weighted by Crippen LogP contribution is -1.98. The topological polar surface area (TPSA) is 0 Å². The second-order valence-electron chi connectivity index (χ2n) is 3.79. The fraction of sp³-hybridized carbons (Fsp3) is 0.385. The summed E-state index contributed by atoms with van der Waals surface area (Å²) in [6, 6.07) is 8.74. The zero-order valence-corrected chi connectivity index (χ0v) is 7.79. The molecule has 0 amide bonds. The summed E-state index contributed by atoms with van der Waals surface area (Å²) >= 11 is 0. The summed E-state index contributed by atoms with van der Waals surface area (Å²) in [5.41, 5.74) is 3.06. The van der Waals surface area contributed by atoms with E-state index in [9.17, 15) is 0 Å². The van der Waals surface area contributed by atoms with Gasteiger partial charge in [-0.1, -0.05) is 24.3 Å². The first-order valence-corrected chi connectivity index (χ1v) is 4.90. The minimum Gasteiger partial charge on any atom is -0.120 e. The first kappa shape index (κ1) is 8.38. The highest BCUT2D eigenvalue weighted by atomic mass is 14.2. The first-order chi connectivity index (χ1) is 6.40. The van der Waals surface area contributed by atoms with Crippen LogP contribution in [0.15, 0.2) is 24.3 Å². The van der Waals surface area contributed by atoms with Crippen molar-refractivity contribution < 1.29 is 0 Å². The number of hydrogen-bond donors (Lipinski definition) is 0. The van der Waals surface area contributed by atoms with Crippen molar-refractivity contribution in [2.45, 2.75) is 25.7 Å². The summed E-state index contributed by atoms with van der Waals surface area (Å²) in [5.74, 6) is 3.52. The Hall–Kier alpha value is -1.22. The van der Waals surface area contributed by atoms with Crippen LogP contribution in [0.25, 0.3) is 0 Å². The van der Waals surface area contributed by atoms with E-state index in [0.29, 0.717) is 0 Å². The Balaban J connectivity index is 2.02. The van der Waals surface area contributed by atoms with Crippen LogP contribution in [0.1, 0.15) is 24.0 Å². The van der Waals surface area contributed by atoms with Gasteiger partial charge in [0.1, 0.15) is 0 Å². The highest BCUT2D eigenvalue weighted by molar-refractivity contribution is 5.32. The SMILES string of the molecule is C#CCCC1Cc2ccccc2C1. The van der Waals surface area contributed by atoms with Gasteiger partial charge in [-0.3, -0.25) is 0 Å². The summed E-state index contributed by atoms with van der Waals surface area (Å²) in [7, 11) is 0. The van der Waals surface area contributed by atoms with Crippen LogP contribution in [0.5, 0.6) is 0 Å². The molecule has 0 bridgehead atoms. The van der Waals surface area contributed by atoms with Crippen LogP contribution in [0.4, 0.5) is 0 Å². The molecule has 1 aromatic rings. The van der Waals surface area contributed by atoms with Crippen molar-refractivity contribution in [1.82, 2.24) is 0 Å². The molecule has 0 heteroatoms. The molecule has 1 aliphatic carbocycles. The third-order valence-corrected chi connectivity index (χ3v) is 2.83. The maximum Gasteiger partial charge on any atom is 0.00889 e. The predicted octanol–water partition coefficient (Wildman–Crippen LogP) is 2.81.